The number of rotatable bonds is 9. The lowest BCUT2D eigenvalue weighted by Gasteiger charge is -2.12. The number of fused-ring (bicyclic) bond motifs is 1. The van der Waals surface area contributed by atoms with Gasteiger partial charge in [-0.1, -0.05) is 6.07 Å². The molecule has 6 heteroatoms. The van der Waals surface area contributed by atoms with Gasteiger partial charge in [0.05, 0.1) is 7.11 Å². The van der Waals surface area contributed by atoms with Gasteiger partial charge in [0.15, 0.2) is 0 Å². The van der Waals surface area contributed by atoms with Crippen LogP contribution in [-0.4, -0.2) is 43.1 Å². The number of benzene rings is 3. The van der Waals surface area contributed by atoms with E-state index >= 15 is 0 Å². The van der Waals surface area contributed by atoms with Gasteiger partial charge in [0, 0.05) is 51.8 Å². The van der Waals surface area contributed by atoms with Crippen molar-refractivity contribution in [2.45, 2.75) is 26.8 Å². The zero-order chi connectivity index (χ0) is 24.9. The highest BCUT2D eigenvalue weighted by molar-refractivity contribution is 6.04. The number of methoxy groups -OCH3 is 1. The van der Waals surface area contributed by atoms with Crippen molar-refractivity contribution < 1.29 is 9.53 Å². The van der Waals surface area contributed by atoms with Crippen LogP contribution in [0.15, 0.2) is 66.7 Å². The van der Waals surface area contributed by atoms with Crippen molar-refractivity contribution in [2.75, 3.05) is 38.4 Å². The van der Waals surface area contributed by atoms with Crippen molar-refractivity contribution in [1.29, 1.82) is 0 Å². The topological polar surface area (TPSA) is 58.5 Å². The Morgan fingerprint density at radius 2 is 1.69 bits per heavy atom. The van der Waals surface area contributed by atoms with E-state index in [1.165, 1.54) is 22.2 Å². The van der Waals surface area contributed by atoms with Gasteiger partial charge < -0.3 is 24.8 Å². The van der Waals surface area contributed by atoms with Gasteiger partial charge in [-0.3, -0.25) is 4.79 Å². The molecule has 0 spiro atoms. The molecule has 182 valence electrons. The minimum Gasteiger partial charge on any atom is -0.497 e. The number of ether oxygens (including phenoxy) is 1. The Labute approximate surface area is 207 Å². The summed E-state index contributed by atoms with van der Waals surface area (Å²) in [5.41, 5.74) is 7.16. The monoisotopic (exact) mass is 470 g/mol. The van der Waals surface area contributed by atoms with Crippen molar-refractivity contribution in [3.63, 3.8) is 0 Å². The summed E-state index contributed by atoms with van der Waals surface area (Å²) in [6, 6.07) is 21.4. The van der Waals surface area contributed by atoms with Crippen molar-refractivity contribution in [3.05, 3.63) is 83.6 Å². The molecular weight excluding hydrogens is 436 g/mol. The van der Waals surface area contributed by atoms with Crippen LogP contribution in [0.2, 0.25) is 0 Å². The number of hydrogen-bond donors (Lipinski definition) is 2. The van der Waals surface area contributed by atoms with Gasteiger partial charge in [-0.25, -0.2) is 0 Å². The molecule has 35 heavy (non-hydrogen) atoms. The average molecular weight is 471 g/mol. The number of amides is 1. The van der Waals surface area contributed by atoms with Crippen LogP contribution in [0.1, 0.15) is 28.0 Å². The second-order valence-electron chi connectivity index (χ2n) is 9.14. The van der Waals surface area contributed by atoms with E-state index in [2.05, 4.69) is 66.2 Å². The van der Waals surface area contributed by atoms with E-state index in [9.17, 15) is 4.79 Å². The standard InChI is InChI=1S/C29H34N4O2/c1-20-21(2)33(17-7-16-32(3)4)28-15-14-25(19-27(20)28)30-23-12-10-22(11-13-23)29(34)31-24-8-6-9-26(18-24)35-5/h6,8-15,18-19,30H,7,16-17H2,1-5H3,(H,31,34). The second kappa shape index (κ2) is 10.7. The average Bonchev–Trinajstić information content (AvgIpc) is 3.09. The SMILES string of the molecule is COc1cccc(NC(=O)c2ccc(Nc3ccc4c(c3)c(C)c(C)n4CCCN(C)C)cc2)c1. The Kier molecular flexibility index (Phi) is 7.42. The first-order chi connectivity index (χ1) is 16.9. The zero-order valence-corrected chi connectivity index (χ0v) is 21.2. The summed E-state index contributed by atoms with van der Waals surface area (Å²) in [5, 5.41) is 7.66. The fourth-order valence-corrected chi connectivity index (χ4v) is 4.34. The molecule has 0 atom stereocenters. The first-order valence-electron chi connectivity index (χ1n) is 11.9. The number of nitrogens with one attached hydrogen (secondary N) is 2. The lowest BCUT2D eigenvalue weighted by atomic mass is 10.1. The van der Waals surface area contributed by atoms with E-state index in [-0.39, 0.29) is 5.91 Å². The lowest BCUT2D eigenvalue weighted by Crippen LogP contribution is -2.15. The van der Waals surface area contributed by atoms with E-state index in [0.29, 0.717) is 17.0 Å². The number of carbonyl (C=O) groups excluding carboxylic acids is 1. The summed E-state index contributed by atoms with van der Waals surface area (Å²) in [6.45, 7) is 6.48. The summed E-state index contributed by atoms with van der Waals surface area (Å²) in [4.78, 5) is 14.9. The van der Waals surface area contributed by atoms with Gasteiger partial charge in [0.25, 0.3) is 5.91 Å². The molecule has 4 rings (SSSR count). The second-order valence-corrected chi connectivity index (χ2v) is 9.14. The lowest BCUT2D eigenvalue weighted by molar-refractivity contribution is 0.102. The van der Waals surface area contributed by atoms with Crippen LogP contribution in [0.3, 0.4) is 0 Å². The molecule has 3 aromatic carbocycles. The Bertz CT molecular complexity index is 1320. The smallest absolute Gasteiger partial charge is 0.255 e. The van der Waals surface area contributed by atoms with Crippen molar-refractivity contribution in [3.8, 4) is 5.75 Å². The van der Waals surface area contributed by atoms with E-state index in [1.807, 2.05) is 42.5 Å². The van der Waals surface area contributed by atoms with E-state index in [1.54, 1.807) is 13.2 Å². The third-order valence-corrected chi connectivity index (χ3v) is 6.39. The molecule has 0 radical (unpaired) electrons. The van der Waals surface area contributed by atoms with Crippen LogP contribution < -0.4 is 15.4 Å². The maximum Gasteiger partial charge on any atom is 0.255 e. The summed E-state index contributed by atoms with van der Waals surface area (Å²) < 4.78 is 7.64. The molecule has 0 saturated carbocycles. The summed E-state index contributed by atoms with van der Waals surface area (Å²) in [7, 11) is 5.84. The van der Waals surface area contributed by atoms with E-state index < -0.39 is 0 Å². The fraction of sp³-hybridized carbons (Fsp3) is 0.276. The first-order valence-corrected chi connectivity index (χ1v) is 11.9. The normalized spacial score (nSPS) is 11.1. The molecule has 0 aliphatic heterocycles. The van der Waals surface area contributed by atoms with Gasteiger partial charge >= 0.3 is 0 Å². The van der Waals surface area contributed by atoms with Crippen LogP contribution in [-0.2, 0) is 6.54 Å². The molecular formula is C29H34N4O2. The molecule has 1 aromatic heterocycles. The predicted molar refractivity (Wildman–Crippen MR) is 145 cm³/mol. The Balaban J connectivity index is 1.46. The van der Waals surface area contributed by atoms with Gasteiger partial charge in [-0.05, 0) is 101 Å². The molecule has 6 nitrogen and oxygen atoms in total. The number of hydrogen-bond acceptors (Lipinski definition) is 4. The predicted octanol–water partition coefficient (Wildman–Crippen LogP) is 6.21. The maximum absolute atomic E-state index is 12.6. The van der Waals surface area contributed by atoms with Gasteiger partial charge in [0.2, 0.25) is 0 Å². The number of aryl methyl sites for hydroxylation is 2. The van der Waals surface area contributed by atoms with Crippen molar-refractivity contribution >= 4 is 33.9 Å². The minimum absolute atomic E-state index is 0.159. The van der Waals surface area contributed by atoms with Gasteiger partial charge in [-0.2, -0.15) is 0 Å². The molecule has 0 unspecified atom stereocenters. The molecule has 1 amide bonds. The quantitative estimate of drug-likeness (QED) is 0.305. The number of aromatic nitrogens is 1. The molecule has 0 saturated heterocycles. The molecule has 0 fully saturated rings. The molecule has 4 aromatic rings. The van der Waals surface area contributed by atoms with Crippen LogP contribution in [0.25, 0.3) is 10.9 Å². The highest BCUT2D eigenvalue weighted by atomic mass is 16.5. The Hall–Kier alpha value is -3.77. The summed E-state index contributed by atoms with van der Waals surface area (Å²) in [6.07, 6.45) is 1.12. The number of anilines is 3. The van der Waals surface area contributed by atoms with Crippen molar-refractivity contribution in [2.24, 2.45) is 0 Å². The van der Waals surface area contributed by atoms with Crippen LogP contribution >= 0.6 is 0 Å². The first kappa shape index (κ1) is 24.4. The van der Waals surface area contributed by atoms with Gasteiger partial charge in [0.1, 0.15) is 5.75 Å². The van der Waals surface area contributed by atoms with E-state index in [0.717, 1.165) is 30.9 Å². The molecule has 0 aliphatic carbocycles. The van der Waals surface area contributed by atoms with Crippen LogP contribution in [0, 0.1) is 13.8 Å². The van der Waals surface area contributed by atoms with E-state index in [4.69, 9.17) is 4.74 Å². The minimum atomic E-state index is -0.159. The molecule has 0 aliphatic rings. The van der Waals surface area contributed by atoms with Crippen LogP contribution in [0.5, 0.6) is 5.75 Å². The van der Waals surface area contributed by atoms with Crippen molar-refractivity contribution in [1.82, 2.24) is 9.47 Å². The third kappa shape index (κ3) is 5.66. The Morgan fingerprint density at radius 1 is 0.943 bits per heavy atom. The van der Waals surface area contributed by atoms with Gasteiger partial charge in [-0.15, -0.1) is 0 Å². The fourth-order valence-electron chi connectivity index (χ4n) is 4.34. The summed E-state index contributed by atoms with van der Waals surface area (Å²) >= 11 is 0. The molecule has 0 bridgehead atoms. The highest BCUT2D eigenvalue weighted by Gasteiger charge is 2.12. The van der Waals surface area contributed by atoms with Crippen LogP contribution in [0.4, 0.5) is 17.1 Å². The summed E-state index contributed by atoms with van der Waals surface area (Å²) in [5.74, 6) is 0.543. The number of carbonyl (C=O) groups is 1. The zero-order valence-electron chi connectivity index (χ0n) is 21.2. The molecule has 1 heterocycles. The third-order valence-electron chi connectivity index (χ3n) is 6.39. The Morgan fingerprint density at radius 3 is 2.40 bits per heavy atom. The maximum atomic E-state index is 12.6. The molecule has 2 N–H and O–H groups in total. The highest BCUT2D eigenvalue weighted by Crippen LogP contribution is 2.29. The largest absolute Gasteiger partial charge is 0.497 e. The number of nitrogens with zero attached hydrogens (tertiary/aromatic N) is 2.